The maximum absolute atomic E-state index is 13.6. The van der Waals surface area contributed by atoms with E-state index >= 15 is 0 Å². The molecule has 7 nitrogen and oxygen atoms in total. The van der Waals surface area contributed by atoms with Crippen LogP contribution in [0.15, 0.2) is 48.8 Å². The zero-order valence-corrected chi connectivity index (χ0v) is 19.9. The number of nitrogens with zero attached hydrogens (tertiary/aromatic N) is 4. The molecule has 4 rings (SSSR count). The Morgan fingerprint density at radius 3 is 2.63 bits per heavy atom. The number of hydrogen-bond donors (Lipinski definition) is 1. The standard InChI is InChI=1S/C26H20F5N5O2/c1-15(17-3-5-22(34-12-17)26(29,30)31)8-16-2-4-21-20(9-16)19(6-7-33-21)24(38)35-13-23(37)36-14-25(27,28)10-18(36)11-32/h2-9,12,18H,10,13-14H2,1H3,(H,35,38). The molecule has 1 aromatic carbocycles. The van der Waals surface area contributed by atoms with Gasteiger partial charge in [-0.1, -0.05) is 18.2 Å². The second kappa shape index (κ2) is 10.2. The number of fused-ring (bicyclic) bond motifs is 1. The van der Waals surface area contributed by atoms with Gasteiger partial charge in [0.2, 0.25) is 5.91 Å². The molecule has 1 aliphatic heterocycles. The number of allylic oxidation sites excluding steroid dienone is 1. The zero-order valence-electron chi connectivity index (χ0n) is 19.9. The molecule has 1 saturated heterocycles. The van der Waals surface area contributed by atoms with Gasteiger partial charge in [0.1, 0.15) is 11.7 Å². The van der Waals surface area contributed by atoms with Crippen LogP contribution < -0.4 is 5.32 Å². The minimum Gasteiger partial charge on any atom is -0.343 e. The summed E-state index contributed by atoms with van der Waals surface area (Å²) in [5.74, 6) is -4.61. The Balaban J connectivity index is 1.53. The molecule has 0 aliphatic carbocycles. The molecule has 0 saturated carbocycles. The van der Waals surface area contributed by atoms with Crippen molar-refractivity contribution in [2.75, 3.05) is 13.1 Å². The summed E-state index contributed by atoms with van der Waals surface area (Å²) in [6.07, 6.45) is -1.06. The number of aromatic nitrogens is 2. The topological polar surface area (TPSA) is 99.0 Å². The van der Waals surface area contributed by atoms with Gasteiger partial charge in [0, 0.05) is 24.2 Å². The van der Waals surface area contributed by atoms with Crippen molar-refractivity contribution in [3.63, 3.8) is 0 Å². The van der Waals surface area contributed by atoms with Crippen LogP contribution in [0.2, 0.25) is 0 Å². The largest absolute Gasteiger partial charge is 0.433 e. The molecule has 1 aliphatic rings. The van der Waals surface area contributed by atoms with Crippen LogP contribution in [-0.4, -0.2) is 51.7 Å². The quantitative estimate of drug-likeness (QED) is 0.484. The van der Waals surface area contributed by atoms with E-state index in [9.17, 15) is 31.5 Å². The van der Waals surface area contributed by atoms with Crippen molar-refractivity contribution in [2.24, 2.45) is 0 Å². The van der Waals surface area contributed by atoms with Crippen LogP contribution in [0.5, 0.6) is 0 Å². The third kappa shape index (κ3) is 5.77. The van der Waals surface area contributed by atoms with Crippen LogP contribution in [0.4, 0.5) is 22.0 Å². The van der Waals surface area contributed by atoms with Gasteiger partial charge in [0.25, 0.3) is 11.8 Å². The fraction of sp³-hybridized carbons (Fsp3) is 0.269. The predicted octanol–water partition coefficient (Wildman–Crippen LogP) is 4.70. The van der Waals surface area contributed by atoms with Gasteiger partial charge in [-0.2, -0.15) is 18.4 Å². The van der Waals surface area contributed by atoms with Crippen LogP contribution in [0.1, 0.15) is 40.5 Å². The van der Waals surface area contributed by atoms with Gasteiger partial charge in [-0.05, 0) is 47.9 Å². The normalized spacial score (nSPS) is 17.3. The summed E-state index contributed by atoms with van der Waals surface area (Å²) in [7, 11) is 0. The number of pyridine rings is 2. The van der Waals surface area contributed by atoms with E-state index in [2.05, 4.69) is 15.3 Å². The summed E-state index contributed by atoms with van der Waals surface area (Å²) in [6.45, 7) is 0.242. The Labute approximate surface area is 213 Å². The lowest BCUT2D eigenvalue weighted by molar-refractivity contribution is -0.141. The van der Waals surface area contributed by atoms with Crippen molar-refractivity contribution in [1.29, 1.82) is 5.26 Å². The van der Waals surface area contributed by atoms with Gasteiger partial charge in [0.15, 0.2) is 0 Å². The summed E-state index contributed by atoms with van der Waals surface area (Å²) in [5, 5.41) is 11.9. The van der Waals surface area contributed by atoms with Crippen molar-refractivity contribution in [3.05, 3.63) is 71.2 Å². The van der Waals surface area contributed by atoms with Crippen molar-refractivity contribution < 1.29 is 31.5 Å². The molecule has 1 fully saturated rings. The van der Waals surface area contributed by atoms with E-state index in [0.717, 1.165) is 17.2 Å². The van der Waals surface area contributed by atoms with Crippen LogP contribution >= 0.6 is 0 Å². The summed E-state index contributed by atoms with van der Waals surface area (Å²) in [4.78, 5) is 33.8. The summed E-state index contributed by atoms with van der Waals surface area (Å²) < 4.78 is 65.6. The molecule has 12 heteroatoms. The van der Waals surface area contributed by atoms with E-state index < -0.39 is 55.2 Å². The highest BCUT2D eigenvalue weighted by Crippen LogP contribution is 2.32. The number of amides is 2. The molecule has 3 aromatic rings. The van der Waals surface area contributed by atoms with Crippen LogP contribution in [0.3, 0.4) is 0 Å². The number of hydrogen-bond acceptors (Lipinski definition) is 5. The molecule has 2 aromatic heterocycles. The first kappa shape index (κ1) is 26.7. The number of nitriles is 1. The van der Waals surface area contributed by atoms with E-state index in [-0.39, 0.29) is 5.56 Å². The number of benzene rings is 1. The Hall–Kier alpha value is -4.40. The molecule has 2 amide bonds. The van der Waals surface area contributed by atoms with Crippen molar-refractivity contribution >= 4 is 34.4 Å². The first-order chi connectivity index (χ1) is 17.9. The van der Waals surface area contributed by atoms with Gasteiger partial charge >= 0.3 is 6.18 Å². The average Bonchev–Trinajstić information content (AvgIpc) is 3.20. The molecule has 1 N–H and O–H groups in total. The summed E-state index contributed by atoms with van der Waals surface area (Å²) in [5.41, 5.74) is 1.38. The Morgan fingerprint density at radius 1 is 1.21 bits per heavy atom. The highest BCUT2D eigenvalue weighted by molar-refractivity contribution is 6.07. The molecule has 1 atom stereocenters. The molecule has 0 spiro atoms. The number of nitrogens with one attached hydrogen (secondary N) is 1. The minimum absolute atomic E-state index is 0.176. The molecule has 38 heavy (non-hydrogen) atoms. The van der Waals surface area contributed by atoms with Gasteiger partial charge in [0.05, 0.1) is 30.2 Å². The first-order valence-corrected chi connectivity index (χ1v) is 11.3. The number of carbonyl (C=O) groups excluding carboxylic acids is 2. The monoisotopic (exact) mass is 529 g/mol. The zero-order chi connectivity index (χ0) is 27.7. The number of carbonyl (C=O) groups is 2. The SMILES string of the molecule is CC(=Cc1ccc2nccc(C(=O)NCC(=O)N3CC(F)(F)CC3C#N)c2c1)c1ccc(C(F)(F)F)nc1. The molecule has 1 unspecified atom stereocenters. The fourth-order valence-electron chi connectivity index (χ4n) is 4.13. The fourth-order valence-corrected chi connectivity index (χ4v) is 4.13. The smallest absolute Gasteiger partial charge is 0.343 e. The number of rotatable bonds is 5. The molecule has 0 radical (unpaired) electrons. The van der Waals surface area contributed by atoms with E-state index in [0.29, 0.717) is 27.6 Å². The maximum Gasteiger partial charge on any atom is 0.433 e. The van der Waals surface area contributed by atoms with Crippen LogP contribution in [-0.2, 0) is 11.0 Å². The van der Waals surface area contributed by atoms with Crippen molar-refractivity contribution in [2.45, 2.75) is 31.5 Å². The molecular formula is C26H20F5N5O2. The lowest BCUT2D eigenvalue weighted by Gasteiger charge is -2.19. The third-order valence-electron chi connectivity index (χ3n) is 6.04. The maximum atomic E-state index is 13.6. The second-order valence-corrected chi connectivity index (χ2v) is 8.80. The first-order valence-electron chi connectivity index (χ1n) is 11.3. The van der Waals surface area contributed by atoms with E-state index in [1.807, 2.05) is 0 Å². The molecule has 196 valence electrons. The highest BCUT2D eigenvalue weighted by atomic mass is 19.4. The van der Waals surface area contributed by atoms with E-state index in [4.69, 9.17) is 5.26 Å². The van der Waals surface area contributed by atoms with Crippen LogP contribution in [0.25, 0.3) is 22.6 Å². The number of likely N-dealkylation sites (tertiary alicyclic amines) is 1. The van der Waals surface area contributed by atoms with E-state index in [1.165, 1.54) is 18.3 Å². The van der Waals surface area contributed by atoms with Gasteiger partial charge in [-0.3, -0.25) is 19.6 Å². The van der Waals surface area contributed by atoms with Gasteiger partial charge in [-0.15, -0.1) is 0 Å². The van der Waals surface area contributed by atoms with Crippen molar-refractivity contribution in [3.8, 4) is 6.07 Å². The number of halogens is 5. The lowest BCUT2D eigenvalue weighted by atomic mass is 10.0. The summed E-state index contributed by atoms with van der Waals surface area (Å²) in [6, 6.07) is 9.09. The Bertz CT molecular complexity index is 1460. The third-order valence-corrected chi connectivity index (χ3v) is 6.04. The Kier molecular flexibility index (Phi) is 7.13. The Morgan fingerprint density at radius 2 is 1.97 bits per heavy atom. The molecule has 3 heterocycles. The van der Waals surface area contributed by atoms with E-state index in [1.54, 1.807) is 37.3 Å². The predicted molar refractivity (Wildman–Crippen MR) is 128 cm³/mol. The lowest BCUT2D eigenvalue weighted by Crippen LogP contribution is -2.43. The second-order valence-electron chi connectivity index (χ2n) is 8.80. The molecule has 0 bridgehead atoms. The highest BCUT2D eigenvalue weighted by Gasteiger charge is 2.47. The van der Waals surface area contributed by atoms with Gasteiger partial charge in [-0.25, -0.2) is 8.78 Å². The summed E-state index contributed by atoms with van der Waals surface area (Å²) >= 11 is 0. The van der Waals surface area contributed by atoms with Crippen molar-refractivity contribution in [1.82, 2.24) is 20.2 Å². The van der Waals surface area contributed by atoms with Gasteiger partial charge < -0.3 is 10.2 Å². The molecular weight excluding hydrogens is 509 g/mol. The number of alkyl halides is 5. The van der Waals surface area contributed by atoms with Crippen LogP contribution in [0, 0.1) is 11.3 Å². The average molecular weight is 529 g/mol. The minimum atomic E-state index is -4.54.